The van der Waals surface area contributed by atoms with Crippen molar-refractivity contribution in [2.24, 2.45) is 0 Å². The Morgan fingerprint density at radius 2 is 1.38 bits per heavy atom. The van der Waals surface area contributed by atoms with Crippen molar-refractivity contribution in [3.63, 3.8) is 0 Å². The Labute approximate surface area is 125 Å². The van der Waals surface area contributed by atoms with E-state index in [0.29, 0.717) is 0 Å². The standard InChI is InChI=1S/C18H20O3/c1-19-14-8-7-12-5-4-6-13-9-17(20-2)18(21-3)11-16(13)15(12)10-14/h7-11H,4-6H2,1-3H3. The van der Waals surface area contributed by atoms with Crippen LogP contribution in [-0.4, -0.2) is 21.3 Å². The van der Waals surface area contributed by atoms with Crippen molar-refractivity contribution in [2.75, 3.05) is 21.3 Å². The van der Waals surface area contributed by atoms with Crippen LogP contribution in [0.5, 0.6) is 17.2 Å². The number of hydrogen-bond donors (Lipinski definition) is 0. The van der Waals surface area contributed by atoms with Crippen LogP contribution in [0.3, 0.4) is 0 Å². The fraction of sp³-hybridized carbons (Fsp3) is 0.333. The van der Waals surface area contributed by atoms with Crippen LogP contribution in [-0.2, 0) is 12.8 Å². The predicted molar refractivity (Wildman–Crippen MR) is 83.6 cm³/mol. The van der Waals surface area contributed by atoms with E-state index in [2.05, 4.69) is 24.3 Å². The number of hydrogen-bond acceptors (Lipinski definition) is 3. The van der Waals surface area contributed by atoms with Gasteiger partial charge in [-0.2, -0.15) is 0 Å². The van der Waals surface area contributed by atoms with Gasteiger partial charge >= 0.3 is 0 Å². The quantitative estimate of drug-likeness (QED) is 0.856. The second-order valence-corrected chi connectivity index (χ2v) is 5.24. The molecule has 0 spiro atoms. The summed E-state index contributed by atoms with van der Waals surface area (Å²) in [5.41, 5.74) is 5.13. The summed E-state index contributed by atoms with van der Waals surface area (Å²) in [5, 5.41) is 0. The highest BCUT2D eigenvalue weighted by Crippen LogP contribution is 2.40. The molecule has 0 heterocycles. The number of methoxy groups -OCH3 is 3. The zero-order chi connectivity index (χ0) is 14.8. The van der Waals surface area contributed by atoms with Gasteiger partial charge < -0.3 is 14.2 Å². The van der Waals surface area contributed by atoms with E-state index in [9.17, 15) is 0 Å². The van der Waals surface area contributed by atoms with Gasteiger partial charge in [0.15, 0.2) is 11.5 Å². The summed E-state index contributed by atoms with van der Waals surface area (Å²) in [6, 6.07) is 10.5. The molecule has 21 heavy (non-hydrogen) atoms. The molecular weight excluding hydrogens is 264 g/mol. The minimum atomic E-state index is 0.770. The van der Waals surface area contributed by atoms with E-state index in [1.165, 1.54) is 22.3 Å². The lowest BCUT2D eigenvalue weighted by atomic mass is 9.96. The maximum Gasteiger partial charge on any atom is 0.161 e. The molecule has 1 aliphatic carbocycles. The summed E-state index contributed by atoms with van der Waals surface area (Å²) in [4.78, 5) is 0. The Morgan fingerprint density at radius 3 is 2.10 bits per heavy atom. The van der Waals surface area contributed by atoms with E-state index in [4.69, 9.17) is 14.2 Å². The molecule has 2 aromatic rings. The average molecular weight is 284 g/mol. The first kappa shape index (κ1) is 13.8. The molecular formula is C18H20O3. The van der Waals surface area contributed by atoms with Crippen LogP contribution in [0.25, 0.3) is 11.1 Å². The summed E-state index contributed by atoms with van der Waals surface area (Å²) in [5.74, 6) is 2.45. The summed E-state index contributed by atoms with van der Waals surface area (Å²) in [6.45, 7) is 0. The zero-order valence-corrected chi connectivity index (χ0v) is 12.7. The summed E-state index contributed by atoms with van der Waals surface area (Å²) in [7, 11) is 5.05. The normalized spacial score (nSPS) is 12.9. The average Bonchev–Trinajstić information content (AvgIpc) is 2.71. The van der Waals surface area contributed by atoms with Crippen LogP contribution in [0.4, 0.5) is 0 Å². The lowest BCUT2D eigenvalue weighted by Gasteiger charge is -2.15. The van der Waals surface area contributed by atoms with E-state index in [0.717, 1.165) is 36.5 Å². The van der Waals surface area contributed by atoms with E-state index in [1.54, 1.807) is 21.3 Å². The molecule has 0 aromatic heterocycles. The first-order chi connectivity index (χ1) is 10.3. The van der Waals surface area contributed by atoms with Crippen LogP contribution < -0.4 is 14.2 Å². The SMILES string of the molecule is COc1ccc2c(c1)-c1cc(OC)c(OC)cc1CCC2. The summed E-state index contributed by atoms with van der Waals surface area (Å²) in [6.07, 6.45) is 3.27. The fourth-order valence-electron chi connectivity index (χ4n) is 3.00. The molecule has 110 valence electrons. The molecule has 2 aromatic carbocycles. The molecule has 0 saturated carbocycles. The fourth-order valence-corrected chi connectivity index (χ4v) is 3.00. The van der Waals surface area contributed by atoms with Crippen molar-refractivity contribution in [1.82, 2.24) is 0 Å². The molecule has 0 fully saturated rings. The molecule has 3 nitrogen and oxygen atoms in total. The van der Waals surface area contributed by atoms with Gasteiger partial charge in [-0.05, 0) is 65.8 Å². The molecule has 0 bridgehead atoms. The molecule has 3 rings (SSSR count). The highest BCUT2D eigenvalue weighted by atomic mass is 16.5. The summed E-state index contributed by atoms with van der Waals surface area (Å²) >= 11 is 0. The van der Waals surface area contributed by atoms with E-state index in [-0.39, 0.29) is 0 Å². The molecule has 0 radical (unpaired) electrons. The topological polar surface area (TPSA) is 27.7 Å². The highest BCUT2D eigenvalue weighted by Gasteiger charge is 2.18. The molecule has 0 saturated heterocycles. The summed E-state index contributed by atoms with van der Waals surface area (Å²) < 4.78 is 16.3. The number of ether oxygens (including phenoxy) is 3. The largest absolute Gasteiger partial charge is 0.497 e. The number of aryl methyl sites for hydroxylation is 2. The van der Waals surface area contributed by atoms with Crippen LogP contribution in [0, 0.1) is 0 Å². The number of fused-ring (bicyclic) bond motifs is 3. The van der Waals surface area contributed by atoms with Gasteiger partial charge in [0, 0.05) is 0 Å². The third-order valence-electron chi connectivity index (χ3n) is 4.11. The van der Waals surface area contributed by atoms with Crippen LogP contribution in [0.15, 0.2) is 30.3 Å². The Hall–Kier alpha value is -2.16. The Morgan fingerprint density at radius 1 is 0.714 bits per heavy atom. The maximum absolute atomic E-state index is 5.46. The third kappa shape index (κ3) is 2.44. The lowest BCUT2D eigenvalue weighted by Crippen LogP contribution is -1.95. The first-order valence-electron chi connectivity index (χ1n) is 7.19. The number of rotatable bonds is 3. The molecule has 0 aliphatic heterocycles. The lowest BCUT2D eigenvalue weighted by molar-refractivity contribution is 0.354. The Bertz CT molecular complexity index is 662. The molecule has 0 amide bonds. The van der Waals surface area contributed by atoms with Crippen molar-refractivity contribution in [3.05, 3.63) is 41.5 Å². The van der Waals surface area contributed by atoms with Gasteiger partial charge in [0.1, 0.15) is 5.75 Å². The number of benzene rings is 2. The molecule has 3 heteroatoms. The third-order valence-corrected chi connectivity index (χ3v) is 4.11. The predicted octanol–water partition coefficient (Wildman–Crippen LogP) is 3.87. The zero-order valence-electron chi connectivity index (χ0n) is 12.7. The van der Waals surface area contributed by atoms with Gasteiger partial charge in [0.2, 0.25) is 0 Å². The van der Waals surface area contributed by atoms with Gasteiger partial charge in [-0.1, -0.05) is 6.07 Å². The molecule has 0 N–H and O–H groups in total. The minimum Gasteiger partial charge on any atom is -0.497 e. The molecule has 0 unspecified atom stereocenters. The van der Waals surface area contributed by atoms with Crippen LogP contribution in [0.2, 0.25) is 0 Å². The van der Waals surface area contributed by atoms with E-state index < -0.39 is 0 Å². The van der Waals surface area contributed by atoms with Gasteiger partial charge in [0.05, 0.1) is 21.3 Å². The van der Waals surface area contributed by atoms with Crippen molar-refractivity contribution in [3.8, 4) is 28.4 Å². The van der Waals surface area contributed by atoms with Gasteiger partial charge in [-0.25, -0.2) is 0 Å². The van der Waals surface area contributed by atoms with Gasteiger partial charge in [-0.15, -0.1) is 0 Å². The van der Waals surface area contributed by atoms with Crippen LogP contribution in [0.1, 0.15) is 17.5 Å². The monoisotopic (exact) mass is 284 g/mol. The second kappa shape index (κ2) is 5.68. The van der Waals surface area contributed by atoms with E-state index in [1.807, 2.05) is 6.07 Å². The minimum absolute atomic E-state index is 0.770. The van der Waals surface area contributed by atoms with Crippen molar-refractivity contribution < 1.29 is 14.2 Å². The van der Waals surface area contributed by atoms with Crippen LogP contribution >= 0.6 is 0 Å². The van der Waals surface area contributed by atoms with E-state index >= 15 is 0 Å². The first-order valence-corrected chi connectivity index (χ1v) is 7.19. The molecule has 0 atom stereocenters. The van der Waals surface area contributed by atoms with Crippen molar-refractivity contribution in [2.45, 2.75) is 19.3 Å². The molecule has 1 aliphatic rings. The van der Waals surface area contributed by atoms with Gasteiger partial charge in [0.25, 0.3) is 0 Å². The highest BCUT2D eigenvalue weighted by molar-refractivity contribution is 5.76. The Kier molecular flexibility index (Phi) is 3.74. The van der Waals surface area contributed by atoms with Crippen molar-refractivity contribution in [1.29, 1.82) is 0 Å². The smallest absolute Gasteiger partial charge is 0.161 e. The Balaban J connectivity index is 2.22. The van der Waals surface area contributed by atoms with Crippen molar-refractivity contribution >= 4 is 0 Å². The maximum atomic E-state index is 5.46. The second-order valence-electron chi connectivity index (χ2n) is 5.24. The van der Waals surface area contributed by atoms with Gasteiger partial charge in [-0.3, -0.25) is 0 Å².